The lowest BCUT2D eigenvalue weighted by Crippen LogP contribution is -2.27. The number of aliphatic hydroxyl groups excluding tert-OH is 1. The van der Waals surface area contributed by atoms with Crippen molar-refractivity contribution in [2.45, 2.75) is 6.42 Å². The first-order valence-corrected chi connectivity index (χ1v) is 6.65. The average Bonchev–Trinajstić information content (AvgIpc) is 2.39. The first-order chi connectivity index (χ1) is 9.58. The zero-order chi connectivity index (χ0) is 14.5. The standard InChI is InChI=1S/C15H21N3O2/c1-16(2)9-5-11-17-10-4-3-6-14(17)15-8-7-13(19)12-18(15)20/h3-4,6-8,10,12,19-20H,5,9,11H2,1-2H3. The summed E-state index contributed by atoms with van der Waals surface area (Å²) in [5, 5.41) is 20.2. The molecule has 0 saturated heterocycles. The fraction of sp³-hybridized carbons (Fsp3) is 0.333. The molecule has 0 atom stereocenters. The van der Waals surface area contributed by atoms with Gasteiger partial charge in [0, 0.05) is 12.7 Å². The SMILES string of the molecule is CN(C)CCCN1C=CC=CC1=C1C=CC(O)=CN1O. The van der Waals surface area contributed by atoms with Crippen molar-refractivity contribution in [3.05, 3.63) is 59.9 Å². The van der Waals surface area contributed by atoms with Crippen molar-refractivity contribution in [3.63, 3.8) is 0 Å². The van der Waals surface area contributed by atoms with E-state index in [2.05, 4.69) is 23.9 Å². The predicted molar refractivity (Wildman–Crippen MR) is 78.7 cm³/mol. The number of aliphatic hydroxyl groups is 1. The van der Waals surface area contributed by atoms with E-state index in [1.807, 2.05) is 24.4 Å². The van der Waals surface area contributed by atoms with E-state index in [9.17, 15) is 10.3 Å². The smallest absolute Gasteiger partial charge is 0.134 e. The highest BCUT2D eigenvalue weighted by atomic mass is 16.5. The second-order valence-electron chi connectivity index (χ2n) is 5.05. The van der Waals surface area contributed by atoms with Gasteiger partial charge in [0.05, 0.1) is 17.6 Å². The van der Waals surface area contributed by atoms with Crippen LogP contribution in [0.4, 0.5) is 0 Å². The van der Waals surface area contributed by atoms with Gasteiger partial charge < -0.3 is 14.9 Å². The highest BCUT2D eigenvalue weighted by molar-refractivity contribution is 5.40. The number of hydroxylamine groups is 2. The van der Waals surface area contributed by atoms with E-state index in [0.29, 0.717) is 5.70 Å². The summed E-state index contributed by atoms with van der Waals surface area (Å²) in [5.41, 5.74) is 1.56. The fourth-order valence-corrected chi connectivity index (χ4v) is 2.14. The molecule has 0 aliphatic carbocycles. The maximum atomic E-state index is 9.92. The van der Waals surface area contributed by atoms with Gasteiger partial charge in [-0.1, -0.05) is 6.08 Å². The molecule has 2 rings (SSSR count). The summed E-state index contributed by atoms with van der Waals surface area (Å²) in [7, 11) is 4.11. The fourth-order valence-electron chi connectivity index (χ4n) is 2.14. The minimum atomic E-state index is 0.0336. The molecule has 5 heteroatoms. The second-order valence-corrected chi connectivity index (χ2v) is 5.05. The first-order valence-electron chi connectivity index (χ1n) is 6.65. The van der Waals surface area contributed by atoms with Gasteiger partial charge in [0.25, 0.3) is 0 Å². The predicted octanol–water partition coefficient (Wildman–Crippen LogP) is 2.20. The Hall–Kier alpha value is -1.98. The van der Waals surface area contributed by atoms with Crippen LogP contribution in [-0.2, 0) is 0 Å². The van der Waals surface area contributed by atoms with Crippen molar-refractivity contribution in [2.24, 2.45) is 0 Å². The number of hydrogen-bond acceptors (Lipinski definition) is 5. The van der Waals surface area contributed by atoms with E-state index in [4.69, 9.17) is 0 Å². The van der Waals surface area contributed by atoms with E-state index in [1.54, 1.807) is 12.2 Å². The monoisotopic (exact) mass is 275 g/mol. The Morgan fingerprint density at radius 2 is 1.90 bits per heavy atom. The van der Waals surface area contributed by atoms with E-state index < -0.39 is 0 Å². The summed E-state index contributed by atoms with van der Waals surface area (Å²) in [6.07, 6.45) is 13.4. The van der Waals surface area contributed by atoms with Gasteiger partial charge in [0.15, 0.2) is 0 Å². The highest BCUT2D eigenvalue weighted by Gasteiger charge is 2.17. The topological polar surface area (TPSA) is 50.2 Å². The third kappa shape index (κ3) is 3.53. The lowest BCUT2D eigenvalue weighted by atomic mass is 10.1. The Kier molecular flexibility index (Phi) is 4.65. The number of rotatable bonds is 4. The van der Waals surface area contributed by atoms with Crippen molar-refractivity contribution in [1.82, 2.24) is 14.9 Å². The van der Waals surface area contributed by atoms with Gasteiger partial charge in [-0.15, -0.1) is 0 Å². The van der Waals surface area contributed by atoms with Crippen molar-refractivity contribution in [3.8, 4) is 0 Å². The number of nitrogens with zero attached hydrogens (tertiary/aromatic N) is 3. The molecule has 0 aromatic carbocycles. The molecule has 0 saturated carbocycles. The van der Waals surface area contributed by atoms with Crippen LogP contribution in [0.15, 0.2) is 59.9 Å². The Bertz CT molecular complexity index is 501. The van der Waals surface area contributed by atoms with E-state index >= 15 is 0 Å². The molecule has 0 bridgehead atoms. The second kappa shape index (κ2) is 6.45. The van der Waals surface area contributed by atoms with Crippen LogP contribution < -0.4 is 0 Å². The summed E-state index contributed by atoms with van der Waals surface area (Å²) in [4.78, 5) is 4.25. The maximum absolute atomic E-state index is 9.92. The van der Waals surface area contributed by atoms with Crippen LogP contribution in [0.1, 0.15) is 6.42 Å². The van der Waals surface area contributed by atoms with Gasteiger partial charge in [0.2, 0.25) is 0 Å². The highest BCUT2D eigenvalue weighted by Crippen LogP contribution is 2.23. The largest absolute Gasteiger partial charge is 0.506 e. The van der Waals surface area contributed by atoms with Crippen molar-refractivity contribution in [1.29, 1.82) is 0 Å². The molecule has 20 heavy (non-hydrogen) atoms. The van der Waals surface area contributed by atoms with Gasteiger partial charge in [-0.05, 0) is 51.4 Å². The summed E-state index contributed by atoms with van der Waals surface area (Å²) < 4.78 is 0. The van der Waals surface area contributed by atoms with Gasteiger partial charge in [0.1, 0.15) is 5.76 Å². The van der Waals surface area contributed by atoms with Crippen LogP contribution in [0.25, 0.3) is 0 Å². The van der Waals surface area contributed by atoms with Crippen LogP contribution in [0, 0.1) is 0 Å². The van der Waals surface area contributed by atoms with Crippen LogP contribution in [-0.4, -0.2) is 52.4 Å². The molecule has 5 nitrogen and oxygen atoms in total. The molecule has 2 aliphatic rings. The minimum absolute atomic E-state index is 0.0336. The molecule has 0 aromatic rings. The van der Waals surface area contributed by atoms with E-state index in [1.165, 1.54) is 6.20 Å². The molecule has 0 fully saturated rings. The molecule has 0 unspecified atom stereocenters. The van der Waals surface area contributed by atoms with Gasteiger partial charge in [-0.25, -0.2) is 5.06 Å². The van der Waals surface area contributed by atoms with Gasteiger partial charge in [-0.2, -0.15) is 0 Å². The molecule has 0 amide bonds. The third-order valence-corrected chi connectivity index (χ3v) is 3.12. The summed E-state index contributed by atoms with van der Waals surface area (Å²) in [6.45, 7) is 1.88. The molecular weight excluding hydrogens is 254 g/mol. The van der Waals surface area contributed by atoms with Crippen LogP contribution in [0.3, 0.4) is 0 Å². The lowest BCUT2D eigenvalue weighted by Gasteiger charge is -2.29. The lowest BCUT2D eigenvalue weighted by molar-refractivity contribution is -0.00637. The minimum Gasteiger partial charge on any atom is -0.506 e. The van der Waals surface area contributed by atoms with Gasteiger partial charge >= 0.3 is 0 Å². The van der Waals surface area contributed by atoms with Crippen molar-refractivity contribution in [2.75, 3.05) is 27.2 Å². The Morgan fingerprint density at radius 1 is 1.10 bits per heavy atom. The molecule has 0 aromatic heterocycles. The number of hydrogen-bond donors (Lipinski definition) is 2. The summed E-state index contributed by atoms with van der Waals surface area (Å²) in [6, 6.07) is 0. The van der Waals surface area contributed by atoms with Crippen LogP contribution in [0.2, 0.25) is 0 Å². The molecule has 0 radical (unpaired) electrons. The quantitative estimate of drug-likeness (QED) is 0.823. The first kappa shape index (κ1) is 14.4. The summed E-state index contributed by atoms with van der Waals surface area (Å²) in [5.74, 6) is 0.0336. The number of allylic oxidation sites excluding steroid dienone is 5. The molecule has 0 spiro atoms. The van der Waals surface area contributed by atoms with Gasteiger partial charge in [-0.3, -0.25) is 5.21 Å². The Balaban J connectivity index is 2.14. The Labute approximate surface area is 119 Å². The molecule has 2 heterocycles. The maximum Gasteiger partial charge on any atom is 0.134 e. The average molecular weight is 275 g/mol. The van der Waals surface area contributed by atoms with E-state index in [0.717, 1.165) is 30.3 Å². The normalized spacial score (nSPS) is 21.9. The molecule has 108 valence electrons. The molecule has 2 aliphatic heterocycles. The van der Waals surface area contributed by atoms with E-state index in [-0.39, 0.29) is 5.76 Å². The van der Waals surface area contributed by atoms with Crippen molar-refractivity contribution < 1.29 is 10.3 Å². The third-order valence-electron chi connectivity index (χ3n) is 3.12. The Morgan fingerprint density at radius 3 is 2.60 bits per heavy atom. The zero-order valence-electron chi connectivity index (χ0n) is 11.9. The molecular formula is C15H21N3O2. The molecule has 2 N–H and O–H groups in total. The summed E-state index contributed by atoms with van der Waals surface area (Å²) >= 11 is 0. The van der Waals surface area contributed by atoms with Crippen LogP contribution in [0.5, 0.6) is 0 Å². The van der Waals surface area contributed by atoms with Crippen LogP contribution >= 0.6 is 0 Å². The van der Waals surface area contributed by atoms with Crippen molar-refractivity contribution >= 4 is 0 Å². The zero-order valence-corrected chi connectivity index (χ0v) is 11.9.